The molecule has 1 heterocycles. The molecule has 0 spiro atoms. The van der Waals surface area contributed by atoms with E-state index in [1.54, 1.807) is 26.8 Å². The topological polar surface area (TPSA) is 82.5 Å². The molecule has 0 aliphatic rings. The van der Waals surface area contributed by atoms with Crippen molar-refractivity contribution in [3.05, 3.63) is 94.3 Å². The molecule has 0 radical (unpaired) electrons. The van der Waals surface area contributed by atoms with E-state index in [1.807, 2.05) is 0 Å². The third-order valence-corrected chi connectivity index (χ3v) is 4.91. The Hall–Kier alpha value is -3.76. The predicted octanol–water partition coefficient (Wildman–Crippen LogP) is 4.26. The van der Waals surface area contributed by atoms with Gasteiger partial charge in [-0.15, -0.1) is 0 Å². The normalized spacial score (nSPS) is 11.9. The van der Waals surface area contributed by atoms with Crippen LogP contribution < -0.4 is 5.32 Å². The fraction of sp³-hybridized carbons (Fsp3) is 0.231. The molecular formula is C26H24F2N2O3. The third kappa shape index (κ3) is 6.15. The van der Waals surface area contributed by atoms with Crippen LogP contribution in [0.2, 0.25) is 0 Å². The molecule has 0 bridgehead atoms. The molecule has 0 fully saturated rings. The van der Waals surface area contributed by atoms with Crippen molar-refractivity contribution >= 4 is 5.91 Å². The van der Waals surface area contributed by atoms with E-state index < -0.39 is 29.0 Å². The molecule has 2 aromatic carbocycles. The number of pyridine rings is 1. The second-order valence-corrected chi connectivity index (χ2v) is 8.34. The average molecular weight is 450 g/mol. The number of amides is 1. The maximum Gasteiger partial charge on any atom is 0.270 e. The molecule has 33 heavy (non-hydrogen) atoms. The fourth-order valence-electron chi connectivity index (χ4n) is 3.10. The van der Waals surface area contributed by atoms with Crippen molar-refractivity contribution < 1.29 is 23.8 Å². The highest BCUT2D eigenvalue weighted by Crippen LogP contribution is 2.30. The average Bonchev–Trinajstić information content (AvgIpc) is 2.78. The van der Waals surface area contributed by atoms with Crippen molar-refractivity contribution in [2.24, 2.45) is 5.41 Å². The minimum Gasteiger partial charge on any atom is -0.508 e. The highest BCUT2D eigenvalue weighted by molar-refractivity contribution is 5.93. The molecule has 0 saturated heterocycles. The van der Waals surface area contributed by atoms with Gasteiger partial charge in [-0.05, 0) is 68.8 Å². The summed E-state index contributed by atoms with van der Waals surface area (Å²) < 4.78 is 27.4. The van der Waals surface area contributed by atoms with Gasteiger partial charge in [0.05, 0.1) is 12.6 Å². The van der Waals surface area contributed by atoms with Gasteiger partial charge in [0.2, 0.25) is 0 Å². The first-order chi connectivity index (χ1) is 15.6. The number of benzene rings is 2. The highest BCUT2D eigenvalue weighted by Gasteiger charge is 2.22. The minimum absolute atomic E-state index is 0.0732. The molecule has 3 aromatic rings. The first-order valence-electron chi connectivity index (χ1n) is 10.3. The summed E-state index contributed by atoms with van der Waals surface area (Å²) in [6, 6.07) is 11.0. The number of phenols is 1. The quantitative estimate of drug-likeness (QED) is 0.507. The van der Waals surface area contributed by atoms with Gasteiger partial charge >= 0.3 is 0 Å². The maximum absolute atomic E-state index is 13.9. The van der Waals surface area contributed by atoms with Crippen molar-refractivity contribution in [2.75, 3.05) is 6.61 Å². The van der Waals surface area contributed by atoms with E-state index in [0.29, 0.717) is 16.8 Å². The Labute approximate surface area is 191 Å². The number of carbonyl (C=O) groups is 1. The van der Waals surface area contributed by atoms with Gasteiger partial charge in [-0.2, -0.15) is 0 Å². The Kier molecular flexibility index (Phi) is 7.10. The Morgan fingerprint density at radius 1 is 1.09 bits per heavy atom. The smallest absolute Gasteiger partial charge is 0.270 e. The molecule has 7 heteroatoms. The van der Waals surface area contributed by atoms with Crippen molar-refractivity contribution in [1.82, 2.24) is 10.3 Å². The number of hydrogen-bond donors (Lipinski definition) is 3. The van der Waals surface area contributed by atoms with Crippen LogP contribution in [-0.4, -0.2) is 27.7 Å². The lowest BCUT2D eigenvalue weighted by Gasteiger charge is -2.21. The van der Waals surface area contributed by atoms with Crippen LogP contribution in [0.15, 0.2) is 54.6 Å². The lowest BCUT2D eigenvalue weighted by Crippen LogP contribution is -2.30. The zero-order valence-corrected chi connectivity index (χ0v) is 18.5. The number of aliphatic hydroxyl groups excluding tert-OH is 1. The summed E-state index contributed by atoms with van der Waals surface area (Å²) in [7, 11) is 0. The molecule has 0 aliphatic heterocycles. The molecule has 3 rings (SSSR count). The van der Waals surface area contributed by atoms with E-state index in [2.05, 4.69) is 22.1 Å². The van der Waals surface area contributed by atoms with Crippen molar-refractivity contribution in [1.29, 1.82) is 0 Å². The number of halogens is 2. The molecular weight excluding hydrogens is 426 g/mol. The molecule has 1 amide bonds. The molecule has 170 valence electrons. The lowest BCUT2D eigenvalue weighted by molar-refractivity contribution is 0.0937. The molecule has 1 atom stereocenters. The van der Waals surface area contributed by atoms with Gasteiger partial charge in [-0.1, -0.05) is 24.0 Å². The van der Waals surface area contributed by atoms with Crippen LogP contribution in [0.1, 0.15) is 52.8 Å². The summed E-state index contributed by atoms with van der Waals surface area (Å²) in [4.78, 5) is 17.4. The predicted molar refractivity (Wildman–Crippen MR) is 120 cm³/mol. The van der Waals surface area contributed by atoms with Gasteiger partial charge in [0.15, 0.2) is 0 Å². The second kappa shape index (κ2) is 9.80. The van der Waals surface area contributed by atoms with Crippen LogP contribution in [0.5, 0.6) is 5.75 Å². The van der Waals surface area contributed by atoms with Crippen molar-refractivity contribution in [2.45, 2.75) is 26.8 Å². The van der Waals surface area contributed by atoms with E-state index >= 15 is 0 Å². The summed E-state index contributed by atoms with van der Waals surface area (Å²) >= 11 is 0. The lowest BCUT2D eigenvalue weighted by atomic mass is 9.95. The van der Waals surface area contributed by atoms with Crippen LogP contribution in [0.4, 0.5) is 8.78 Å². The molecule has 3 N–H and O–H groups in total. The van der Waals surface area contributed by atoms with E-state index in [0.717, 1.165) is 12.1 Å². The Morgan fingerprint density at radius 2 is 1.76 bits per heavy atom. The van der Waals surface area contributed by atoms with Crippen LogP contribution in [0.3, 0.4) is 0 Å². The standard InChI is InChI=1S/C26H24F2N2O3/c1-16-12-17(10-11-26(2,3)15-31)13-22(29-16)25(33)30-24(18-4-6-19(27)7-5-18)21-14-20(28)8-9-23(21)32/h4-9,12-14,24,31-32H,15H2,1-3H3,(H,30,33). The molecule has 0 aliphatic carbocycles. The summed E-state index contributed by atoms with van der Waals surface area (Å²) in [5.74, 6) is 4.04. The fourth-order valence-corrected chi connectivity index (χ4v) is 3.10. The van der Waals surface area contributed by atoms with Gasteiger partial charge in [0.1, 0.15) is 23.1 Å². The summed E-state index contributed by atoms with van der Waals surface area (Å²) in [5.41, 5.74) is 1.13. The SMILES string of the molecule is Cc1cc(C#CC(C)(C)CO)cc(C(=O)NC(c2ccc(F)cc2)c2cc(F)ccc2O)n1. The number of aromatic hydroxyl groups is 1. The number of rotatable bonds is 5. The van der Waals surface area contributed by atoms with Crippen molar-refractivity contribution in [3.63, 3.8) is 0 Å². The number of carbonyl (C=O) groups excluding carboxylic acids is 1. The van der Waals surface area contributed by atoms with Gasteiger partial charge in [-0.25, -0.2) is 13.8 Å². The van der Waals surface area contributed by atoms with Gasteiger partial charge in [0, 0.05) is 22.2 Å². The van der Waals surface area contributed by atoms with Crippen LogP contribution in [0, 0.1) is 35.8 Å². The molecule has 1 aromatic heterocycles. The Bertz CT molecular complexity index is 1230. The maximum atomic E-state index is 13.9. The van der Waals surface area contributed by atoms with E-state index in [9.17, 15) is 23.8 Å². The Morgan fingerprint density at radius 3 is 2.42 bits per heavy atom. The molecule has 1 unspecified atom stereocenters. The molecule has 0 saturated carbocycles. The van der Waals surface area contributed by atoms with E-state index in [4.69, 9.17) is 0 Å². The summed E-state index contributed by atoms with van der Waals surface area (Å²) in [5, 5.41) is 22.5. The number of phenolic OH excluding ortho intramolecular Hbond substituents is 1. The number of hydrogen-bond acceptors (Lipinski definition) is 4. The Balaban J connectivity index is 1.99. The second-order valence-electron chi connectivity index (χ2n) is 8.34. The monoisotopic (exact) mass is 450 g/mol. The zero-order valence-electron chi connectivity index (χ0n) is 18.5. The van der Waals surface area contributed by atoms with Crippen molar-refractivity contribution in [3.8, 4) is 17.6 Å². The largest absolute Gasteiger partial charge is 0.508 e. The van der Waals surface area contributed by atoms with Gasteiger partial charge < -0.3 is 15.5 Å². The van der Waals surface area contributed by atoms with E-state index in [1.165, 1.54) is 36.4 Å². The van der Waals surface area contributed by atoms with Gasteiger partial charge in [-0.3, -0.25) is 4.79 Å². The minimum atomic E-state index is -0.959. The number of nitrogens with zero attached hydrogens (tertiary/aromatic N) is 1. The van der Waals surface area contributed by atoms with Crippen LogP contribution in [-0.2, 0) is 0 Å². The summed E-state index contributed by atoms with van der Waals surface area (Å²) in [6.07, 6.45) is 0. The van der Waals surface area contributed by atoms with E-state index in [-0.39, 0.29) is 23.6 Å². The number of aromatic nitrogens is 1. The first-order valence-corrected chi connectivity index (χ1v) is 10.3. The van der Waals surface area contributed by atoms with Crippen LogP contribution in [0.25, 0.3) is 0 Å². The third-order valence-electron chi connectivity index (χ3n) is 4.91. The summed E-state index contributed by atoms with van der Waals surface area (Å²) in [6.45, 7) is 5.18. The number of aliphatic hydroxyl groups is 1. The highest BCUT2D eigenvalue weighted by atomic mass is 19.1. The number of aryl methyl sites for hydroxylation is 1. The molecule has 5 nitrogen and oxygen atoms in total. The number of nitrogens with one attached hydrogen (secondary N) is 1. The zero-order chi connectivity index (χ0) is 24.2. The first kappa shape index (κ1) is 23.9. The van der Waals surface area contributed by atoms with Gasteiger partial charge in [0.25, 0.3) is 5.91 Å². The van der Waals surface area contributed by atoms with Crippen LogP contribution >= 0.6 is 0 Å².